The van der Waals surface area contributed by atoms with Crippen molar-refractivity contribution in [2.24, 2.45) is 0 Å². The molecular formula is CH4O2Pb. The quantitative estimate of drug-likeness (QED) is 0.572. The van der Waals surface area contributed by atoms with Crippen LogP contribution in [-0.2, 0) is 5.37 Å². The molecule has 0 aromatic carbocycles. The summed E-state index contributed by atoms with van der Waals surface area (Å²) in [6, 6.07) is 0. The zero-order chi connectivity index (χ0) is 2.71. The molecule has 0 heterocycles. The zero-order valence-corrected chi connectivity index (χ0v) is 5.20. The molecule has 0 aromatic heterocycles. The molecule has 24 valence electrons. The molecule has 0 amide bonds. The molecule has 0 radical (unpaired) electrons. The number of hydrogen-bond acceptors (Lipinski definition) is 2. The first-order valence-corrected chi connectivity index (χ1v) is 3.58. The fraction of sp³-hybridized carbons (Fsp3) is 1.00. The van der Waals surface area contributed by atoms with E-state index >= 15 is 0 Å². The van der Waals surface area contributed by atoms with Crippen LogP contribution in [0.1, 0.15) is 7.43 Å². The Bertz CT molecular complexity index is 27.0. The third-order valence-corrected chi connectivity index (χ3v) is 0. The molecule has 4 heavy (non-hydrogen) atoms. The average Bonchev–Trinajstić information content (AvgIpc) is 0.918. The summed E-state index contributed by atoms with van der Waals surface area (Å²) in [5, 5.41) is 0. The topological polar surface area (TPSA) is 34.1 Å². The van der Waals surface area contributed by atoms with Crippen molar-refractivity contribution in [1.29, 1.82) is 0 Å². The van der Waals surface area contributed by atoms with Crippen LogP contribution in [-0.4, -0.2) is 24.3 Å². The first kappa shape index (κ1) is 8.82. The summed E-state index contributed by atoms with van der Waals surface area (Å²) in [5.41, 5.74) is 0. The van der Waals surface area contributed by atoms with Gasteiger partial charge in [0.05, 0.1) is 0 Å². The van der Waals surface area contributed by atoms with Crippen LogP contribution in [0, 0.1) is 0 Å². The molecule has 3 heteroatoms. The standard InChI is InChI=1S/CH4.2O.Pb/h1H4;;;. The van der Waals surface area contributed by atoms with Crippen molar-refractivity contribution in [3.63, 3.8) is 0 Å². The van der Waals surface area contributed by atoms with Crippen molar-refractivity contribution >= 4 is 24.3 Å². The Hall–Kier alpha value is 0.522. The van der Waals surface area contributed by atoms with Gasteiger partial charge in [-0.2, -0.15) is 0 Å². The third kappa shape index (κ3) is 21.4. The molecule has 0 spiro atoms. The molecule has 0 saturated carbocycles. The average molecular weight is 255 g/mol. The Morgan fingerprint density at radius 3 is 1.25 bits per heavy atom. The summed E-state index contributed by atoms with van der Waals surface area (Å²) < 4.78 is 17.1. The second-order valence-corrected chi connectivity index (χ2v) is 0.731. The molecule has 0 bridgehead atoms. The van der Waals surface area contributed by atoms with Crippen molar-refractivity contribution < 1.29 is 5.37 Å². The van der Waals surface area contributed by atoms with E-state index in [2.05, 4.69) is 0 Å². The van der Waals surface area contributed by atoms with Gasteiger partial charge in [0, 0.05) is 0 Å². The molecule has 0 aliphatic carbocycles. The molecule has 0 aliphatic heterocycles. The fourth-order valence-electron chi connectivity index (χ4n) is 0. The van der Waals surface area contributed by atoms with Crippen molar-refractivity contribution in [3.05, 3.63) is 0 Å². The van der Waals surface area contributed by atoms with Gasteiger partial charge < -0.3 is 0 Å². The van der Waals surface area contributed by atoms with Crippen LogP contribution in [0.3, 0.4) is 0 Å². The Kier molecular flexibility index (Phi) is 21.3. The molecular weight excluding hydrogens is 251 g/mol. The van der Waals surface area contributed by atoms with Gasteiger partial charge in [-0.15, -0.1) is 0 Å². The van der Waals surface area contributed by atoms with E-state index in [4.69, 9.17) is 5.37 Å². The molecule has 0 aromatic rings. The van der Waals surface area contributed by atoms with E-state index in [1.807, 2.05) is 0 Å². The SMILES string of the molecule is C.[O]=[Pb]=[O]. The van der Waals surface area contributed by atoms with Gasteiger partial charge in [0.25, 0.3) is 0 Å². The molecule has 0 N–H and O–H groups in total. The van der Waals surface area contributed by atoms with Crippen LogP contribution < -0.4 is 0 Å². The van der Waals surface area contributed by atoms with Crippen molar-refractivity contribution in [3.8, 4) is 0 Å². The maximum atomic E-state index is 8.57. The second kappa shape index (κ2) is 9.67. The third-order valence-electron chi connectivity index (χ3n) is 0. The minimum absolute atomic E-state index is 0. The van der Waals surface area contributed by atoms with E-state index < -0.39 is 24.3 Å². The van der Waals surface area contributed by atoms with Gasteiger partial charge in [-0.1, -0.05) is 7.43 Å². The van der Waals surface area contributed by atoms with Crippen LogP contribution in [0.5, 0.6) is 0 Å². The van der Waals surface area contributed by atoms with Gasteiger partial charge in [-0.05, 0) is 0 Å². The van der Waals surface area contributed by atoms with Crippen molar-refractivity contribution in [2.45, 2.75) is 7.43 Å². The molecule has 0 rings (SSSR count). The maximum absolute atomic E-state index is 8.57. The van der Waals surface area contributed by atoms with E-state index in [1.54, 1.807) is 0 Å². The number of rotatable bonds is 0. The molecule has 0 aliphatic rings. The van der Waals surface area contributed by atoms with E-state index in [0.29, 0.717) is 0 Å². The molecule has 0 saturated heterocycles. The van der Waals surface area contributed by atoms with Gasteiger partial charge in [-0.3, -0.25) is 0 Å². The zero-order valence-electron chi connectivity index (χ0n) is 1.32. The van der Waals surface area contributed by atoms with Crippen LogP contribution in [0.15, 0.2) is 0 Å². The normalized spacial score (nSPS) is 2.00. The molecule has 0 fully saturated rings. The van der Waals surface area contributed by atoms with E-state index in [0.717, 1.165) is 0 Å². The summed E-state index contributed by atoms with van der Waals surface area (Å²) in [5.74, 6) is 0. The minimum atomic E-state index is -2.42. The fourth-order valence-corrected chi connectivity index (χ4v) is 0. The van der Waals surface area contributed by atoms with Crippen molar-refractivity contribution in [2.75, 3.05) is 0 Å². The van der Waals surface area contributed by atoms with Crippen LogP contribution in [0.25, 0.3) is 0 Å². The second-order valence-electron chi connectivity index (χ2n) is 0.0833. The number of hydrogen-bond donors (Lipinski definition) is 0. The molecule has 0 unspecified atom stereocenters. The summed E-state index contributed by atoms with van der Waals surface area (Å²) in [7, 11) is 0. The Morgan fingerprint density at radius 2 is 1.25 bits per heavy atom. The summed E-state index contributed by atoms with van der Waals surface area (Å²) in [6.07, 6.45) is 0. The first-order valence-electron chi connectivity index (χ1n) is 0.408. The van der Waals surface area contributed by atoms with E-state index in [1.165, 1.54) is 0 Å². The van der Waals surface area contributed by atoms with E-state index in [-0.39, 0.29) is 7.43 Å². The monoisotopic (exact) mass is 256 g/mol. The van der Waals surface area contributed by atoms with Gasteiger partial charge >= 0.3 is 29.6 Å². The molecule has 2 nitrogen and oxygen atoms in total. The summed E-state index contributed by atoms with van der Waals surface area (Å²) >= 11 is -2.42. The van der Waals surface area contributed by atoms with Crippen LogP contribution in [0.2, 0.25) is 0 Å². The molecule has 0 atom stereocenters. The Morgan fingerprint density at radius 1 is 1.25 bits per heavy atom. The Labute approximate surface area is 37.4 Å². The van der Waals surface area contributed by atoms with Gasteiger partial charge in [0.15, 0.2) is 0 Å². The summed E-state index contributed by atoms with van der Waals surface area (Å²) in [4.78, 5) is 0. The van der Waals surface area contributed by atoms with Gasteiger partial charge in [0.2, 0.25) is 0 Å². The van der Waals surface area contributed by atoms with Gasteiger partial charge in [-0.25, -0.2) is 0 Å². The van der Waals surface area contributed by atoms with Crippen LogP contribution >= 0.6 is 0 Å². The van der Waals surface area contributed by atoms with E-state index in [9.17, 15) is 0 Å². The van der Waals surface area contributed by atoms with Crippen molar-refractivity contribution in [1.82, 2.24) is 0 Å². The van der Waals surface area contributed by atoms with Crippen LogP contribution in [0.4, 0.5) is 0 Å². The van der Waals surface area contributed by atoms with Gasteiger partial charge in [0.1, 0.15) is 0 Å². The summed E-state index contributed by atoms with van der Waals surface area (Å²) in [6.45, 7) is 0. The predicted molar refractivity (Wildman–Crippen MR) is 13.9 cm³/mol. The first-order chi connectivity index (χ1) is 1.41. The predicted octanol–water partition coefficient (Wildman–Crippen LogP) is 0.0177. The Balaban J connectivity index is 0.